The number of alkyl halides is 1. The van der Waals surface area contributed by atoms with Crippen LogP contribution in [-0.4, -0.2) is 17.3 Å². The molecular weight excluding hydrogens is 411 g/mol. The second-order valence-corrected chi connectivity index (χ2v) is 6.98. The van der Waals surface area contributed by atoms with Crippen molar-refractivity contribution in [2.45, 2.75) is 38.0 Å². The van der Waals surface area contributed by atoms with Crippen LogP contribution in [0, 0.1) is 0 Å². The van der Waals surface area contributed by atoms with Crippen LogP contribution in [0.25, 0.3) is 0 Å². The molecule has 0 saturated heterocycles. The van der Waals surface area contributed by atoms with Crippen molar-refractivity contribution in [1.29, 1.82) is 0 Å². The Labute approximate surface area is 158 Å². The summed E-state index contributed by atoms with van der Waals surface area (Å²) in [6, 6.07) is 18.2. The molecule has 2 rings (SSSR count). The average Bonchev–Trinajstić information content (AvgIpc) is 2.64. The second-order valence-electron chi connectivity index (χ2n) is 5.90. The second kappa shape index (κ2) is 11.2. The molecule has 0 spiro atoms. The highest BCUT2D eigenvalue weighted by Gasteiger charge is 2.12. The molecule has 1 atom stereocenters. The molecule has 1 unspecified atom stereocenters. The van der Waals surface area contributed by atoms with Crippen molar-refractivity contribution >= 4 is 28.9 Å². The van der Waals surface area contributed by atoms with E-state index >= 15 is 0 Å². The highest BCUT2D eigenvalue weighted by atomic mass is 127. The van der Waals surface area contributed by atoms with Gasteiger partial charge in [-0.1, -0.05) is 71.1 Å². The Bertz CT molecular complexity index is 598. The van der Waals surface area contributed by atoms with Gasteiger partial charge in [0.2, 0.25) is 0 Å². The summed E-state index contributed by atoms with van der Waals surface area (Å²) in [4.78, 5) is 11.5. The summed E-state index contributed by atoms with van der Waals surface area (Å²) in [5.74, 6) is 0.910. The van der Waals surface area contributed by atoms with Gasteiger partial charge in [-0.25, -0.2) is 0 Å². The quantitative estimate of drug-likeness (QED) is 0.199. The van der Waals surface area contributed by atoms with Gasteiger partial charge in [-0.05, 0) is 53.7 Å². The number of carbonyl (C=O) groups is 1. The van der Waals surface area contributed by atoms with Crippen LogP contribution in [0.4, 0.5) is 0 Å². The normalized spacial score (nSPS) is 11.9. The van der Waals surface area contributed by atoms with Crippen molar-refractivity contribution in [2.75, 3.05) is 11.0 Å². The SMILES string of the molecule is O=CC(CCc1ccccc1OCCCCCI)c1ccccc1. The lowest BCUT2D eigenvalue weighted by atomic mass is 9.93. The molecule has 0 aliphatic heterocycles. The molecule has 0 amide bonds. The molecule has 0 aromatic heterocycles. The van der Waals surface area contributed by atoms with Crippen LogP contribution in [0.2, 0.25) is 0 Å². The van der Waals surface area contributed by atoms with Gasteiger partial charge < -0.3 is 9.53 Å². The standard InChI is InChI=1S/C21H25IO2/c22-15-7-2-8-16-24-21-12-6-5-11-19(21)13-14-20(17-23)18-9-3-1-4-10-18/h1,3-6,9-12,17,20H,2,7-8,13-16H2. The van der Waals surface area contributed by atoms with Crippen molar-refractivity contribution in [3.8, 4) is 5.75 Å². The zero-order valence-electron chi connectivity index (χ0n) is 14.0. The molecule has 24 heavy (non-hydrogen) atoms. The van der Waals surface area contributed by atoms with Gasteiger partial charge in [0.1, 0.15) is 12.0 Å². The molecule has 2 aromatic carbocycles. The minimum atomic E-state index is -0.0529. The van der Waals surface area contributed by atoms with Gasteiger partial charge in [-0.2, -0.15) is 0 Å². The molecule has 2 aromatic rings. The van der Waals surface area contributed by atoms with Crippen LogP contribution in [0.3, 0.4) is 0 Å². The van der Waals surface area contributed by atoms with Crippen molar-refractivity contribution in [3.63, 3.8) is 0 Å². The Balaban J connectivity index is 1.90. The molecular formula is C21H25IO2. The number of hydrogen-bond donors (Lipinski definition) is 0. The predicted octanol–water partition coefficient (Wildman–Crippen LogP) is 5.59. The summed E-state index contributed by atoms with van der Waals surface area (Å²) in [6.07, 6.45) is 6.28. The van der Waals surface area contributed by atoms with Crippen molar-refractivity contribution in [1.82, 2.24) is 0 Å². The van der Waals surface area contributed by atoms with Crippen LogP contribution in [0.5, 0.6) is 5.75 Å². The van der Waals surface area contributed by atoms with Gasteiger partial charge in [0, 0.05) is 5.92 Å². The number of benzene rings is 2. The molecule has 0 saturated carbocycles. The number of rotatable bonds is 11. The number of halogens is 1. The lowest BCUT2D eigenvalue weighted by Gasteiger charge is -2.14. The molecule has 0 aliphatic carbocycles. The van der Waals surface area contributed by atoms with Gasteiger partial charge in [0.15, 0.2) is 0 Å². The van der Waals surface area contributed by atoms with Crippen LogP contribution in [0.1, 0.15) is 42.7 Å². The zero-order valence-corrected chi connectivity index (χ0v) is 16.2. The first-order chi connectivity index (χ1) is 11.8. The summed E-state index contributed by atoms with van der Waals surface area (Å²) >= 11 is 2.41. The fourth-order valence-electron chi connectivity index (χ4n) is 2.73. The smallest absolute Gasteiger partial charge is 0.127 e. The maximum atomic E-state index is 11.5. The van der Waals surface area contributed by atoms with Crippen LogP contribution in [-0.2, 0) is 11.2 Å². The number of para-hydroxylation sites is 1. The lowest BCUT2D eigenvalue weighted by Crippen LogP contribution is -2.04. The summed E-state index contributed by atoms with van der Waals surface area (Å²) in [7, 11) is 0. The van der Waals surface area contributed by atoms with E-state index in [-0.39, 0.29) is 5.92 Å². The van der Waals surface area contributed by atoms with E-state index in [0.717, 1.165) is 43.5 Å². The zero-order chi connectivity index (χ0) is 17.0. The van der Waals surface area contributed by atoms with Crippen molar-refractivity contribution in [3.05, 3.63) is 65.7 Å². The number of carbonyl (C=O) groups excluding carboxylic acids is 1. The molecule has 0 N–H and O–H groups in total. The van der Waals surface area contributed by atoms with E-state index in [1.54, 1.807) is 0 Å². The van der Waals surface area contributed by atoms with E-state index in [2.05, 4.69) is 28.7 Å². The van der Waals surface area contributed by atoms with Gasteiger partial charge in [0.05, 0.1) is 6.61 Å². The van der Waals surface area contributed by atoms with Crippen LogP contribution in [0.15, 0.2) is 54.6 Å². The Morgan fingerprint density at radius 3 is 2.46 bits per heavy atom. The van der Waals surface area contributed by atoms with E-state index < -0.39 is 0 Å². The highest BCUT2D eigenvalue weighted by molar-refractivity contribution is 14.1. The maximum Gasteiger partial charge on any atom is 0.127 e. The molecule has 0 bridgehead atoms. The summed E-state index contributed by atoms with van der Waals surface area (Å²) in [6.45, 7) is 0.767. The van der Waals surface area contributed by atoms with Crippen molar-refractivity contribution in [2.24, 2.45) is 0 Å². The first-order valence-electron chi connectivity index (χ1n) is 8.62. The van der Waals surface area contributed by atoms with E-state index in [1.807, 2.05) is 48.5 Å². The summed E-state index contributed by atoms with van der Waals surface area (Å²) in [5.41, 5.74) is 2.28. The number of aryl methyl sites for hydroxylation is 1. The monoisotopic (exact) mass is 436 g/mol. The molecule has 0 radical (unpaired) electrons. The van der Waals surface area contributed by atoms with E-state index in [0.29, 0.717) is 0 Å². The third-order valence-electron chi connectivity index (χ3n) is 4.12. The first-order valence-corrected chi connectivity index (χ1v) is 10.1. The largest absolute Gasteiger partial charge is 0.493 e. The maximum absolute atomic E-state index is 11.5. The summed E-state index contributed by atoms with van der Waals surface area (Å²) < 4.78 is 7.17. The van der Waals surface area contributed by atoms with E-state index in [9.17, 15) is 4.79 Å². The number of ether oxygens (including phenoxy) is 1. The number of aldehydes is 1. The van der Waals surface area contributed by atoms with E-state index in [4.69, 9.17) is 4.74 Å². The Hall–Kier alpha value is -1.36. The van der Waals surface area contributed by atoms with Gasteiger partial charge in [-0.15, -0.1) is 0 Å². The summed E-state index contributed by atoms with van der Waals surface area (Å²) in [5, 5.41) is 0. The Morgan fingerprint density at radius 2 is 1.71 bits per heavy atom. The average molecular weight is 436 g/mol. The van der Waals surface area contributed by atoms with E-state index in [1.165, 1.54) is 22.8 Å². The number of hydrogen-bond acceptors (Lipinski definition) is 2. The molecule has 128 valence electrons. The molecule has 2 nitrogen and oxygen atoms in total. The van der Waals surface area contributed by atoms with Gasteiger partial charge in [-0.3, -0.25) is 0 Å². The molecule has 0 fully saturated rings. The molecule has 3 heteroatoms. The Morgan fingerprint density at radius 1 is 0.958 bits per heavy atom. The van der Waals surface area contributed by atoms with Crippen LogP contribution < -0.4 is 4.74 Å². The van der Waals surface area contributed by atoms with Crippen molar-refractivity contribution < 1.29 is 9.53 Å². The topological polar surface area (TPSA) is 26.3 Å². The minimum Gasteiger partial charge on any atom is -0.493 e. The first kappa shape index (κ1) is 19.0. The van der Waals surface area contributed by atoms with Gasteiger partial charge in [0.25, 0.3) is 0 Å². The minimum absolute atomic E-state index is 0.0529. The third-order valence-corrected chi connectivity index (χ3v) is 4.89. The van der Waals surface area contributed by atoms with Crippen LogP contribution >= 0.6 is 22.6 Å². The predicted molar refractivity (Wildman–Crippen MR) is 108 cm³/mol. The highest BCUT2D eigenvalue weighted by Crippen LogP contribution is 2.25. The fourth-order valence-corrected chi connectivity index (χ4v) is 3.27. The fraction of sp³-hybridized carbons (Fsp3) is 0.381. The molecule has 0 heterocycles. The molecule has 0 aliphatic rings. The number of unbranched alkanes of at least 4 members (excludes halogenated alkanes) is 2. The Kier molecular flexibility index (Phi) is 8.88. The lowest BCUT2D eigenvalue weighted by molar-refractivity contribution is -0.109. The van der Waals surface area contributed by atoms with Gasteiger partial charge >= 0.3 is 0 Å². The third kappa shape index (κ3) is 6.27.